The first-order valence-electron chi connectivity index (χ1n) is 2.97. The molecule has 1 aromatic carbocycles. The van der Waals surface area contributed by atoms with Gasteiger partial charge in [-0.15, -0.1) is 0 Å². The van der Waals surface area contributed by atoms with Crippen LogP contribution in [-0.2, 0) is 0 Å². The highest BCUT2D eigenvalue weighted by atomic mass is 127. The van der Waals surface area contributed by atoms with Crippen LogP contribution in [0.5, 0.6) is 0 Å². The van der Waals surface area contributed by atoms with E-state index in [0.717, 1.165) is 0 Å². The Kier molecular flexibility index (Phi) is 3.05. The third kappa shape index (κ3) is 1.77. The van der Waals surface area contributed by atoms with Crippen LogP contribution in [0.4, 0.5) is 4.39 Å². The Morgan fingerprint density at radius 1 is 1.58 bits per heavy atom. The Bertz CT molecular complexity index is 342. The van der Waals surface area contributed by atoms with Crippen LogP contribution in [0.1, 0.15) is 10.4 Å². The lowest BCUT2D eigenvalue weighted by molar-refractivity contribution is 0.0998. The van der Waals surface area contributed by atoms with E-state index >= 15 is 0 Å². The van der Waals surface area contributed by atoms with Crippen LogP contribution in [0.25, 0.3) is 0 Å². The van der Waals surface area contributed by atoms with Crippen molar-refractivity contribution in [2.45, 2.75) is 0 Å². The summed E-state index contributed by atoms with van der Waals surface area (Å²) >= 11 is 4.87. The van der Waals surface area contributed by atoms with E-state index < -0.39 is 11.7 Å². The van der Waals surface area contributed by atoms with Crippen molar-refractivity contribution < 1.29 is 9.18 Å². The van der Waals surface area contributed by atoms with E-state index in [1.807, 2.05) is 22.6 Å². The fourth-order valence-electron chi connectivity index (χ4n) is 0.753. The fourth-order valence-corrected chi connectivity index (χ4v) is 2.38. The molecule has 0 aromatic heterocycles. The van der Waals surface area contributed by atoms with Crippen molar-refractivity contribution in [2.24, 2.45) is 5.73 Å². The van der Waals surface area contributed by atoms with Gasteiger partial charge in [-0.3, -0.25) is 4.79 Å². The zero-order valence-corrected chi connectivity index (χ0v) is 9.52. The van der Waals surface area contributed by atoms with E-state index in [1.54, 1.807) is 0 Å². The number of carbonyl (C=O) groups is 1. The second kappa shape index (κ2) is 3.69. The lowest BCUT2D eigenvalue weighted by Crippen LogP contribution is -2.14. The molecule has 0 fully saturated rings. The van der Waals surface area contributed by atoms with Crippen LogP contribution in [-0.4, -0.2) is 5.91 Å². The van der Waals surface area contributed by atoms with Gasteiger partial charge in [-0.05, 0) is 50.7 Å². The van der Waals surface area contributed by atoms with Crippen molar-refractivity contribution in [1.29, 1.82) is 0 Å². The van der Waals surface area contributed by atoms with Gasteiger partial charge in [0.25, 0.3) is 5.91 Å². The Labute approximate surface area is 90.6 Å². The zero-order valence-electron chi connectivity index (χ0n) is 5.77. The van der Waals surface area contributed by atoms with Crippen molar-refractivity contribution in [3.8, 4) is 0 Å². The normalized spacial score (nSPS) is 9.92. The summed E-state index contributed by atoms with van der Waals surface area (Å²) in [5.41, 5.74) is 5.23. The average Bonchev–Trinajstić information content (AvgIpc) is 1.97. The molecular weight excluding hydrogens is 340 g/mol. The molecule has 0 unspecified atom stereocenters. The van der Waals surface area contributed by atoms with Gasteiger partial charge in [0, 0.05) is 3.57 Å². The van der Waals surface area contributed by atoms with Crippen molar-refractivity contribution in [3.63, 3.8) is 0 Å². The number of primary amides is 1. The number of nitrogens with two attached hydrogens (primary N) is 1. The number of hydrogen-bond acceptors (Lipinski definition) is 1. The van der Waals surface area contributed by atoms with Gasteiger partial charge in [-0.1, -0.05) is 0 Å². The Balaban J connectivity index is 3.43. The molecule has 0 aliphatic heterocycles. The van der Waals surface area contributed by atoms with Crippen molar-refractivity contribution in [1.82, 2.24) is 0 Å². The van der Waals surface area contributed by atoms with Gasteiger partial charge >= 0.3 is 0 Å². The maximum atomic E-state index is 12.9. The predicted molar refractivity (Wildman–Crippen MR) is 55.3 cm³/mol. The molecule has 5 heteroatoms. The summed E-state index contributed by atoms with van der Waals surface area (Å²) in [6.45, 7) is 0. The van der Waals surface area contributed by atoms with Gasteiger partial charge in [-0.2, -0.15) is 0 Å². The summed E-state index contributed by atoms with van der Waals surface area (Å²) in [4.78, 5) is 10.8. The highest BCUT2D eigenvalue weighted by Gasteiger charge is 2.13. The van der Waals surface area contributed by atoms with Crippen LogP contribution >= 0.6 is 38.5 Å². The van der Waals surface area contributed by atoms with E-state index in [-0.39, 0.29) is 10.0 Å². The second-order valence-corrected chi connectivity index (χ2v) is 4.04. The third-order valence-corrected chi connectivity index (χ3v) is 2.96. The minimum absolute atomic E-state index is 0.127. The quantitative estimate of drug-likeness (QED) is 0.617. The molecule has 12 heavy (non-hydrogen) atoms. The largest absolute Gasteiger partial charge is 0.366 e. The topological polar surface area (TPSA) is 43.1 Å². The molecule has 2 nitrogen and oxygen atoms in total. The lowest BCUT2D eigenvalue weighted by atomic mass is 10.2. The maximum Gasteiger partial charge on any atom is 0.251 e. The van der Waals surface area contributed by atoms with Crippen molar-refractivity contribution in [2.75, 3.05) is 0 Å². The second-order valence-electron chi connectivity index (χ2n) is 2.08. The highest BCUT2D eigenvalue weighted by Crippen LogP contribution is 2.24. The molecule has 1 aromatic rings. The predicted octanol–water partition coefficient (Wildman–Crippen LogP) is 2.29. The molecule has 1 rings (SSSR count). The van der Waals surface area contributed by atoms with E-state index in [1.165, 1.54) is 12.1 Å². The van der Waals surface area contributed by atoms with E-state index in [2.05, 4.69) is 15.9 Å². The van der Waals surface area contributed by atoms with Gasteiger partial charge in [0.1, 0.15) is 5.82 Å². The van der Waals surface area contributed by atoms with E-state index in [0.29, 0.717) is 3.57 Å². The SMILES string of the molecule is NC(=O)c1c(I)ccc(F)c1Br. The molecule has 0 heterocycles. The van der Waals surface area contributed by atoms with Crippen LogP contribution in [0.3, 0.4) is 0 Å². The summed E-state index contributed by atoms with van der Waals surface area (Å²) in [5, 5.41) is 0. The summed E-state index contributed by atoms with van der Waals surface area (Å²) in [6, 6.07) is 2.78. The average molecular weight is 344 g/mol. The molecule has 0 atom stereocenters. The maximum absolute atomic E-state index is 12.9. The number of hydrogen-bond donors (Lipinski definition) is 1. The smallest absolute Gasteiger partial charge is 0.251 e. The minimum Gasteiger partial charge on any atom is -0.366 e. The number of benzene rings is 1. The van der Waals surface area contributed by atoms with Gasteiger partial charge in [-0.25, -0.2) is 4.39 Å². The molecule has 0 aliphatic carbocycles. The van der Waals surface area contributed by atoms with Crippen molar-refractivity contribution >= 4 is 44.4 Å². The van der Waals surface area contributed by atoms with Gasteiger partial charge in [0.15, 0.2) is 0 Å². The van der Waals surface area contributed by atoms with E-state index in [9.17, 15) is 9.18 Å². The van der Waals surface area contributed by atoms with Crippen LogP contribution in [0.2, 0.25) is 0 Å². The van der Waals surface area contributed by atoms with Crippen LogP contribution in [0, 0.1) is 9.39 Å². The minimum atomic E-state index is -0.634. The molecule has 0 spiro atoms. The van der Waals surface area contributed by atoms with Crippen LogP contribution < -0.4 is 5.73 Å². The first kappa shape index (κ1) is 9.91. The molecule has 0 radical (unpaired) electrons. The summed E-state index contributed by atoms with van der Waals surface area (Å²) in [7, 11) is 0. The molecular formula is C7H4BrFINO. The van der Waals surface area contributed by atoms with Crippen molar-refractivity contribution in [3.05, 3.63) is 31.6 Å². The Morgan fingerprint density at radius 2 is 2.17 bits per heavy atom. The molecule has 1 amide bonds. The number of carbonyl (C=O) groups excluding carboxylic acids is 1. The van der Waals surface area contributed by atoms with Gasteiger partial charge in [0.2, 0.25) is 0 Å². The Hall–Kier alpha value is -0.170. The first-order chi connectivity index (χ1) is 5.54. The molecule has 0 saturated heterocycles. The summed E-state index contributed by atoms with van der Waals surface area (Å²) < 4.78 is 13.6. The number of amides is 1. The summed E-state index contributed by atoms with van der Waals surface area (Å²) in [6.07, 6.45) is 0. The molecule has 0 bridgehead atoms. The molecule has 64 valence electrons. The zero-order chi connectivity index (χ0) is 9.30. The highest BCUT2D eigenvalue weighted by molar-refractivity contribution is 14.1. The first-order valence-corrected chi connectivity index (χ1v) is 4.84. The third-order valence-electron chi connectivity index (χ3n) is 1.29. The Morgan fingerprint density at radius 3 is 2.58 bits per heavy atom. The number of rotatable bonds is 1. The van der Waals surface area contributed by atoms with E-state index in [4.69, 9.17) is 5.73 Å². The van der Waals surface area contributed by atoms with Crippen LogP contribution in [0.15, 0.2) is 16.6 Å². The summed E-state index contributed by atoms with van der Waals surface area (Å²) in [5.74, 6) is -1.12. The lowest BCUT2D eigenvalue weighted by Gasteiger charge is -2.02. The molecule has 0 aliphatic rings. The molecule has 0 saturated carbocycles. The molecule has 2 N–H and O–H groups in total. The van der Waals surface area contributed by atoms with Gasteiger partial charge < -0.3 is 5.73 Å². The number of halogens is 3. The monoisotopic (exact) mass is 343 g/mol. The van der Waals surface area contributed by atoms with Gasteiger partial charge in [0.05, 0.1) is 10.0 Å². The fraction of sp³-hybridized carbons (Fsp3) is 0. The standard InChI is InChI=1S/C7H4BrFINO/c8-6-3(9)1-2-4(10)5(6)7(11)12/h1-2H,(H2,11,12).